The van der Waals surface area contributed by atoms with Gasteiger partial charge < -0.3 is 0 Å². The molecule has 0 bridgehead atoms. The third kappa shape index (κ3) is 4.00. The molecule has 1 aliphatic rings. The molecule has 4 aromatic rings. The Balaban J connectivity index is 1.45. The van der Waals surface area contributed by atoms with Crippen molar-refractivity contribution in [2.75, 3.05) is 18.8 Å². The van der Waals surface area contributed by atoms with E-state index in [2.05, 4.69) is 21.1 Å². The summed E-state index contributed by atoms with van der Waals surface area (Å²) in [6, 6.07) is 13.5. The van der Waals surface area contributed by atoms with Gasteiger partial charge in [-0.3, -0.25) is 14.0 Å². The summed E-state index contributed by atoms with van der Waals surface area (Å²) < 4.78 is 29.0. The fourth-order valence-electron chi connectivity index (χ4n) is 4.42. The average Bonchev–Trinajstić information content (AvgIpc) is 3.49. The van der Waals surface area contributed by atoms with Gasteiger partial charge in [0, 0.05) is 36.4 Å². The number of nitriles is 1. The van der Waals surface area contributed by atoms with Crippen LogP contribution in [-0.2, 0) is 22.0 Å². The van der Waals surface area contributed by atoms with Gasteiger partial charge in [-0.25, -0.2) is 18.4 Å². The third-order valence-electron chi connectivity index (χ3n) is 6.40. The minimum absolute atomic E-state index is 0.0128. The fourth-order valence-corrected chi connectivity index (χ4v) is 5.66. The first kappa shape index (κ1) is 22.9. The van der Waals surface area contributed by atoms with Crippen molar-refractivity contribution in [3.63, 3.8) is 0 Å². The van der Waals surface area contributed by atoms with Crippen LogP contribution in [0.15, 0.2) is 61.3 Å². The Morgan fingerprint density at radius 2 is 1.94 bits per heavy atom. The van der Waals surface area contributed by atoms with Crippen LogP contribution < -0.4 is 0 Å². The highest BCUT2D eigenvalue weighted by atomic mass is 32.2. The van der Waals surface area contributed by atoms with Crippen LogP contribution in [0.3, 0.4) is 0 Å². The van der Waals surface area contributed by atoms with Gasteiger partial charge in [0.05, 0.1) is 36.6 Å². The van der Waals surface area contributed by atoms with Crippen LogP contribution in [0.1, 0.15) is 23.7 Å². The predicted molar refractivity (Wildman–Crippen MR) is 129 cm³/mol. The minimum Gasteiger partial charge on any atom is -0.274 e. The Kier molecular flexibility index (Phi) is 5.70. The van der Waals surface area contributed by atoms with Crippen molar-refractivity contribution in [2.24, 2.45) is 0 Å². The molecule has 1 aromatic carbocycles. The molecule has 5 rings (SSSR count). The monoisotopic (exact) mass is 489 g/mol. The molecule has 0 N–H and O–H groups in total. The van der Waals surface area contributed by atoms with E-state index in [0.29, 0.717) is 22.3 Å². The van der Waals surface area contributed by atoms with Gasteiger partial charge in [0.25, 0.3) is 0 Å². The number of rotatable bonds is 7. The minimum atomic E-state index is -3.33. The van der Waals surface area contributed by atoms with Crippen LogP contribution in [0.4, 0.5) is 0 Å². The highest BCUT2D eigenvalue weighted by molar-refractivity contribution is 7.89. The summed E-state index contributed by atoms with van der Waals surface area (Å²) in [4.78, 5) is 21.7. The summed E-state index contributed by atoms with van der Waals surface area (Å²) in [5, 5.41) is 14.5. The normalized spacial score (nSPS) is 15.5. The third-order valence-corrected chi connectivity index (χ3v) is 8.17. The summed E-state index contributed by atoms with van der Waals surface area (Å²) in [5.41, 5.74) is 1.99. The summed E-state index contributed by atoms with van der Waals surface area (Å²) >= 11 is 0. The van der Waals surface area contributed by atoms with Crippen LogP contribution in [0, 0.1) is 11.3 Å². The molecule has 11 heteroatoms. The van der Waals surface area contributed by atoms with E-state index in [1.54, 1.807) is 36.3 Å². The maximum absolute atomic E-state index is 12.9. The summed E-state index contributed by atoms with van der Waals surface area (Å²) in [5.74, 6) is -0.0926. The molecular formula is C24H23N7O3S. The molecule has 178 valence electrons. The molecule has 0 radical (unpaired) electrons. The van der Waals surface area contributed by atoms with Crippen LogP contribution in [0.2, 0.25) is 0 Å². The van der Waals surface area contributed by atoms with Crippen molar-refractivity contribution in [1.82, 2.24) is 28.6 Å². The molecule has 0 amide bonds. The molecule has 0 saturated carbocycles. The van der Waals surface area contributed by atoms with Gasteiger partial charge in [-0.2, -0.15) is 14.7 Å². The van der Waals surface area contributed by atoms with E-state index >= 15 is 0 Å². The van der Waals surface area contributed by atoms with Crippen molar-refractivity contribution < 1.29 is 13.2 Å². The Morgan fingerprint density at radius 1 is 1.17 bits per heavy atom. The first-order chi connectivity index (χ1) is 16.9. The molecule has 4 heterocycles. The van der Waals surface area contributed by atoms with E-state index in [4.69, 9.17) is 0 Å². The van der Waals surface area contributed by atoms with Crippen molar-refractivity contribution in [3.05, 3.63) is 66.9 Å². The molecule has 35 heavy (non-hydrogen) atoms. The van der Waals surface area contributed by atoms with Crippen molar-refractivity contribution in [1.29, 1.82) is 5.26 Å². The molecule has 0 atom stereocenters. The Labute approximate surface area is 202 Å². The quantitative estimate of drug-likeness (QED) is 0.390. The van der Waals surface area contributed by atoms with Crippen LogP contribution in [0.5, 0.6) is 0 Å². The van der Waals surface area contributed by atoms with Gasteiger partial charge in [-0.1, -0.05) is 30.3 Å². The number of aromatic nitrogens is 5. The predicted octanol–water partition coefficient (Wildman–Crippen LogP) is 2.45. The van der Waals surface area contributed by atoms with E-state index in [1.165, 1.54) is 15.2 Å². The van der Waals surface area contributed by atoms with Gasteiger partial charge in [0.15, 0.2) is 5.65 Å². The van der Waals surface area contributed by atoms with Crippen molar-refractivity contribution in [2.45, 2.75) is 25.3 Å². The van der Waals surface area contributed by atoms with E-state index in [9.17, 15) is 18.5 Å². The SMILES string of the molecule is CCS(=O)(=O)N1CC(CC#N)(n2cc(-c3ncnc4c3ccn4C(=O)Cc3ccccc3)cn2)C1. The second-order valence-corrected chi connectivity index (χ2v) is 10.9. The summed E-state index contributed by atoms with van der Waals surface area (Å²) in [6.45, 7) is 1.99. The maximum atomic E-state index is 12.9. The number of sulfonamides is 1. The number of carbonyl (C=O) groups is 1. The van der Waals surface area contributed by atoms with E-state index in [-0.39, 0.29) is 37.6 Å². The summed E-state index contributed by atoms with van der Waals surface area (Å²) in [7, 11) is -3.33. The highest BCUT2D eigenvalue weighted by Gasteiger charge is 2.49. The highest BCUT2D eigenvalue weighted by Crippen LogP contribution is 2.36. The molecule has 3 aromatic heterocycles. The van der Waals surface area contributed by atoms with E-state index in [0.717, 1.165) is 5.56 Å². The molecule has 1 saturated heterocycles. The average molecular weight is 490 g/mol. The molecule has 0 unspecified atom stereocenters. The van der Waals surface area contributed by atoms with Gasteiger partial charge in [-0.15, -0.1) is 0 Å². The second-order valence-electron chi connectivity index (χ2n) is 8.60. The molecule has 1 aliphatic heterocycles. The van der Waals surface area contributed by atoms with Crippen LogP contribution in [-0.4, -0.2) is 61.8 Å². The number of hydrogen-bond acceptors (Lipinski definition) is 7. The van der Waals surface area contributed by atoms with Crippen molar-refractivity contribution in [3.8, 4) is 17.3 Å². The summed E-state index contributed by atoms with van der Waals surface area (Å²) in [6.07, 6.45) is 6.89. The molecule has 1 fully saturated rings. The van der Waals surface area contributed by atoms with E-state index < -0.39 is 15.6 Å². The number of nitrogens with zero attached hydrogens (tertiary/aromatic N) is 7. The lowest BCUT2D eigenvalue weighted by Gasteiger charge is -2.47. The zero-order valence-corrected chi connectivity index (χ0v) is 19.9. The lowest BCUT2D eigenvalue weighted by atomic mass is 9.89. The zero-order valence-electron chi connectivity index (χ0n) is 19.1. The number of carbonyl (C=O) groups excluding carboxylic acids is 1. The topological polar surface area (TPSA) is 127 Å². The van der Waals surface area contributed by atoms with Gasteiger partial charge >= 0.3 is 0 Å². The standard InChI is InChI=1S/C24H23N7O3S/c1-2-35(33,34)29-15-24(16-29,9-10-25)31-14-19(13-28-31)22-20-8-11-30(23(20)27-17-26-22)21(32)12-18-6-4-3-5-7-18/h3-8,11,13-14,17H,2,9,12,15-16H2,1H3. The van der Waals surface area contributed by atoms with E-state index in [1.807, 2.05) is 30.3 Å². The molecule has 0 aliphatic carbocycles. The Bertz CT molecular complexity index is 1540. The van der Waals surface area contributed by atoms with Gasteiger partial charge in [-0.05, 0) is 18.6 Å². The maximum Gasteiger partial charge on any atom is 0.236 e. The first-order valence-electron chi connectivity index (χ1n) is 11.2. The Hall–Kier alpha value is -3.88. The lowest BCUT2D eigenvalue weighted by molar-refractivity contribution is 0.0719. The lowest BCUT2D eigenvalue weighted by Crippen LogP contribution is -2.64. The molecule has 10 nitrogen and oxygen atoms in total. The molecular weight excluding hydrogens is 466 g/mol. The smallest absolute Gasteiger partial charge is 0.236 e. The number of hydrogen-bond donors (Lipinski definition) is 0. The largest absolute Gasteiger partial charge is 0.274 e. The second kappa shape index (κ2) is 8.72. The number of benzene rings is 1. The van der Waals surface area contributed by atoms with Gasteiger partial charge in [0.2, 0.25) is 15.9 Å². The Morgan fingerprint density at radius 3 is 2.66 bits per heavy atom. The van der Waals surface area contributed by atoms with Gasteiger partial charge in [0.1, 0.15) is 11.9 Å². The van der Waals surface area contributed by atoms with Crippen LogP contribution >= 0.6 is 0 Å². The zero-order chi connectivity index (χ0) is 24.6. The first-order valence-corrected chi connectivity index (χ1v) is 12.8. The van der Waals surface area contributed by atoms with Crippen LogP contribution in [0.25, 0.3) is 22.3 Å². The van der Waals surface area contributed by atoms with Crippen molar-refractivity contribution >= 4 is 27.0 Å². The number of fused-ring (bicyclic) bond motifs is 1. The molecule has 0 spiro atoms. The fraction of sp³-hybridized carbons (Fsp3) is 0.292.